The Morgan fingerprint density at radius 2 is 2.09 bits per heavy atom. The van der Waals surface area contributed by atoms with E-state index >= 15 is 0 Å². The lowest BCUT2D eigenvalue weighted by Gasteiger charge is -2.13. The Hall–Kier alpha value is -1.72. The van der Waals surface area contributed by atoms with Gasteiger partial charge in [0, 0.05) is 16.6 Å². The minimum atomic E-state index is -0.228. The van der Waals surface area contributed by atoms with E-state index in [1.165, 1.54) is 7.11 Å². The summed E-state index contributed by atoms with van der Waals surface area (Å²) in [5.74, 6) is 0.653. The highest BCUT2D eigenvalue weighted by molar-refractivity contribution is 9.10. The second-order valence-corrected chi connectivity index (χ2v) is 6.06. The summed E-state index contributed by atoms with van der Waals surface area (Å²) in [6.45, 7) is 2.74. The predicted molar refractivity (Wildman–Crippen MR) is 94.5 cm³/mol. The molecule has 4 nitrogen and oxygen atoms in total. The van der Waals surface area contributed by atoms with Crippen LogP contribution in [0.4, 0.5) is 0 Å². The molecule has 0 aliphatic rings. The van der Waals surface area contributed by atoms with Crippen LogP contribution in [0.15, 0.2) is 40.9 Å². The van der Waals surface area contributed by atoms with Crippen LogP contribution in [0.5, 0.6) is 11.5 Å². The largest absolute Gasteiger partial charge is 0.493 e. The summed E-state index contributed by atoms with van der Waals surface area (Å²) in [6, 6.07) is 10.9. The molecule has 1 N–H and O–H groups in total. The summed E-state index contributed by atoms with van der Waals surface area (Å²) in [6.07, 6.45) is 0. The van der Waals surface area contributed by atoms with Gasteiger partial charge < -0.3 is 14.8 Å². The lowest BCUT2D eigenvalue weighted by atomic mass is 10.1. The molecule has 0 bridgehead atoms. The smallest absolute Gasteiger partial charge is 0.251 e. The maximum Gasteiger partial charge on any atom is 0.251 e. The van der Waals surface area contributed by atoms with E-state index in [9.17, 15) is 4.79 Å². The summed E-state index contributed by atoms with van der Waals surface area (Å²) in [5, 5.41) is 3.20. The van der Waals surface area contributed by atoms with Crippen LogP contribution >= 0.6 is 27.5 Å². The molecule has 6 heteroatoms. The van der Waals surface area contributed by atoms with Gasteiger partial charge in [-0.05, 0) is 36.8 Å². The highest BCUT2D eigenvalue weighted by atomic mass is 79.9. The van der Waals surface area contributed by atoms with Crippen molar-refractivity contribution in [3.63, 3.8) is 0 Å². The normalized spacial score (nSPS) is 10.3. The quantitative estimate of drug-likeness (QED) is 0.782. The van der Waals surface area contributed by atoms with Crippen LogP contribution in [0.25, 0.3) is 0 Å². The number of nitrogens with one attached hydrogen (secondary N) is 1. The number of ether oxygens (including phenoxy) is 2. The first-order valence-electron chi connectivity index (χ1n) is 7.08. The van der Waals surface area contributed by atoms with Crippen molar-refractivity contribution in [3.8, 4) is 11.5 Å². The Balaban J connectivity index is 2.14. The molecule has 0 heterocycles. The molecular weight excluding hydrogens is 382 g/mol. The number of carbonyl (C=O) groups excluding carboxylic acids is 1. The summed E-state index contributed by atoms with van der Waals surface area (Å²) >= 11 is 9.59. The van der Waals surface area contributed by atoms with Crippen molar-refractivity contribution in [1.29, 1.82) is 0 Å². The third-order valence-corrected chi connectivity index (χ3v) is 3.90. The predicted octanol–water partition coefficient (Wildman–Crippen LogP) is 4.44. The molecule has 0 aromatic heterocycles. The second-order valence-electron chi connectivity index (χ2n) is 4.74. The van der Waals surface area contributed by atoms with Crippen LogP contribution < -0.4 is 14.8 Å². The molecule has 2 aromatic rings. The minimum Gasteiger partial charge on any atom is -0.493 e. The summed E-state index contributed by atoms with van der Waals surface area (Å²) in [4.78, 5) is 12.3. The van der Waals surface area contributed by atoms with Crippen molar-refractivity contribution in [2.75, 3.05) is 13.7 Å². The number of benzene rings is 2. The molecule has 0 fully saturated rings. The van der Waals surface area contributed by atoms with E-state index in [1.54, 1.807) is 12.1 Å². The van der Waals surface area contributed by atoms with Gasteiger partial charge in [0.2, 0.25) is 0 Å². The van der Waals surface area contributed by atoms with Gasteiger partial charge in [-0.15, -0.1) is 0 Å². The number of hydrogen-bond acceptors (Lipinski definition) is 3. The van der Waals surface area contributed by atoms with Crippen molar-refractivity contribution in [3.05, 3.63) is 57.0 Å². The Bertz CT molecular complexity index is 706. The standard InChI is InChI=1S/C17H17BrClNO3/c1-3-23-16-14(19)8-12(9-15(16)22-2)17(21)20-10-11-5-4-6-13(18)7-11/h4-9H,3,10H2,1-2H3,(H,20,21). The first-order chi connectivity index (χ1) is 11.0. The van der Waals surface area contributed by atoms with Crippen LogP contribution in [0.3, 0.4) is 0 Å². The van der Waals surface area contributed by atoms with Crippen molar-refractivity contribution in [2.24, 2.45) is 0 Å². The fraction of sp³-hybridized carbons (Fsp3) is 0.235. The number of amides is 1. The van der Waals surface area contributed by atoms with E-state index in [4.69, 9.17) is 21.1 Å². The van der Waals surface area contributed by atoms with Gasteiger partial charge in [-0.2, -0.15) is 0 Å². The number of carbonyl (C=O) groups is 1. The van der Waals surface area contributed by atoms with E-state index in [2.05, 4.69) is 21.2 Å². The molecule has 2 aromatic carbocycles. The van der Waals surface area contributed by atoms with Crippen LogP contribution in [-0.4, -0.2) is 19.6 Å². The zero-order chi connectivity index (χ0) is 16.8. The molecule has 0 unspecified atom stereocenters. The van der Waals surface area contributed by atoms with Crippen LogP contribution in [0.1, 0.15) is 22.8 Å². The van der Waals surface area contributed by atoms with E-state index in [-0.39, 0.29) is 5.91 Å². The van der Waals surface area contributed by atoms with E-state index < -0.39 is 0 Å². The number of halogens is 2. The van der Waals surface area contributed by atoms with Gasteiger partial charge in [0.05, 0.1) is 18.7 Å². The molecule has 0 aliphatic carbocycles. The molecule has 0 spiro atoms. The van der Waals surface area contributed by atoms with Gasteiger partial charge in [0.1, 0.15) is 0 Å². The van der Waals surface area contributed by atoms with Crippen LogP contribution in [-0.2, 0) is 6.54 Å². The number of rotatable bonds is 6. The van der Waals surface area contributed by atoms with Gasteiger partial charge >= 0.3 is 0 Å². The van der Waals surface area contributed by atoms with Gasteiger partial charge in [0.15, 0.2) is 11.5 Å². The summed E-state index contributed by atoms with van der Waals surface area (Å²) in [7, 11) is 1.51. The summed E-state index contributed by atoms with van der Waals surface area (Å²) in [5.41, 5.74) is 1.42. The molecule has 23 heavy (non-hydrogen) atoms. The molecule has 0 saturated carbocycles. The topological polar surface area (TPSA) is 47.6 Å². The zero-order valence-corrected chi connectivity index (χ0v) is 15.2. The SMILES string of the molecule is CCOc1c(Cl)cc(C(=O)NCc2cccc(Br)c2)cc1OC. The van der Waals surface area contributed by atoms with E-state index in [0.29, 0.717) is 35.2 Å². The number of methoxy groups -OCH3 is 1. The monoisotopic (exact) mass is 397 g/mol. The van der Waals surface area contributed by atoms with Crippen molar-refractivity contribution >= 4 is 33.4 Å². The Morgan fingerprint density at radius 3 is 2.74 bits per heavy atom. The second kappa shape index (κ2) is 8.22. The Morgan fingerprint density at radius 1 is 1.30 bits per heavy atom. The zero-order valence-electron chi connectivity index (χ0n) is 12.9. The Kier molecular flexibility index (Phi) is 6.30. The Labute approximate surface area is 148 Å². The maximum absolute atomic E-state index is 12.3. The van der Waals surface area contributed by atoms with Crippen LogP contribution in [0.2, 0.25) is 5.02 Å². The van der Waals surface area contributed by atoms with E-state index in [1.807, 2.05) is 31.2 Å². The maximum atomic E-state index is 12.3. The highest BCUT2D eigenvalue weighted by Crippen LogP contribution is 2.36. The van der Waals surface area contributed by atoms with Crippen molar-refractivity contribution in [2.45, 2.75) is 13.5 Å². The molecular formula is C17H17BrClNO3. The number of hydrogen-bond donors (Lipinski definition) is 1. The van der Waals surface area contributed by atoms with Gasteiger partial charge in [-0.25, -0.2) is 0 Å². The first kappa shape index (κ1) is 17.6. The first-order valence-corrected chi connectivity index (χ1v) is 8.25. The lowest BCUT2D eigenvalue weighted by molar-refractivity contribution is 0.0950. The van der Waals surface area contributed by atoms with Crippen LogP contribution in [0, 0.1) is 0 Å². The average Bonchev–Trinajstić information content (AvgIpc) is 2.54. The molecule has 1 amide bonds. The third-order valence-electron chi connectivity index (χ3n) is 3.12. The summed E-state index contributed by atoms with van der Waals surface area (Å²) < 4.78 is 11.7. The molecule has 0 radical (unpaired) electrons. The molecule has 0 saturated heterocycles. The van der Waals surface area contributed by atoms with Gasteiger partial charge in [-0.3, -0.25) is 4.79 Å². The molecule has 2 rings (SSSR count). The molecule has 0 atom stereocenters. The minimum absolute atomic E-state index is 0.228. The fourth-order valence-electron chi connectivity index (χ4n) is 2.07. The van der Waals surface area contributed by atoms with Gasteiger partial charge in [-0.1, -0.05) is 39.7 Å². The van der Waals surface area contributed by atoms with Gasteiger partial charge in [0.25, 0.3) is 5.91 Å². The molecule has 0 aliphatic heterocycles. The van der Waals surface area contributed by atoms with Crippen molar-refractivity contribution < 1.29 is 14.3 Å². The fourth-order valence-corrected chi connectivity index (χ4v) is 2.78. The van der Waals surface area contributed by atoms with E-state index in [0.717, 1.165) is 10.0 Å². The average molecular weight is 399 g/mol. The van der Waals surface area contributed by atoms with Crippen molar-refractivity contribution in [1.82, 2.24) is 5.32 Å². The lowest BCUT2D eigenvalue weighted by Crippen LogP contribution is -2.22. The third kappa shape index (κ3) is 4.62. The highest BCUT2D eigenvalue weighted by Gasteiger charge is 2.15. The molecule has 122 valence electrons.